The summed E-state index contributed by atoms with van der Waals surface area (Å²) in [6.45, 7) is 14.9. The first kappa shape index (κ1) is 11.7. The zero-order chi connectivity index (χ0) is 9.56. The van der Waals surface area contributed by atoms with Crippen molar-refractivity contribution >= 4 is 0 Å². The van der Waals surface area contributed by atoms with Gasteiger partial charge in [-0.3, -0.25) is 0 Å². The monoisotopic (exact) mass is 169 g/mol. The molecular formula is C11H23N. The van der Waals surface area contributed by atoms with Crippen LogP contribution in [-0.2, 0) is 0 Å². The molecule has 72 valence electrons. The van der Waals surface area contributed by atoms with E-state index in [-0.39, 0.29) is 0 Å². The van der Waals surface area contributed by atoms with Crippen molar-refractivity contribution in [2.24, 2.45) is 0 Å². The zero-order valence-electron chi connectivity index (χ0n) is 9.06. The number of hydrogen-bond donors (Lipinski definition) is 0. The fourth-order valence-corrected chi connectivity index (χ4v) is 1.36. The van der Waals surface area contributed by atoms with Gasteiger partial charge in [-0.05, 0) is 26.7 Å². The van der Waals surface area contributed by atoms with Crippen LogP contribution in [0.15, 0.2) is 12.2 Å². The Labute approximate surface area is 77.5 Å². The van der Waals surface area contributed by atoms with Crippen LogP contribution >= 0.6 is 0 Å². The van der Waals surface area contributed by atoms with Crippen molar-refractivity contribution in [2.75, 3.05) is 13.1 Å². The molecule has 1 rings (SSSR count). The lowest BCUT2D eigenvalue weighted by Crippen LogP contribution is -2.36. The van der Waals surface area contributed by atoms with E-state index in [0.717, 1.165) is 0 Å². The minimum atomic E-state index is 0.716. The van der Waals surface area contributed by atoms with E-state index < -0.39 is 0 Å². The summed E-state index contributed by atoms with van der Waals surface area (Å²) in [6.07, 6.45) is 2.41. The highest BCUT2D eigenvalue weighted by atomic mass is 15.1. The molecule has 1 aliphatic rings. The van der Waals surface area contributed by atoms with Crippen LogP contribution < -0.4 is 0 Å². The molecule has 0 atom stereocenters. The lowest BCUT2D eigenvalue weighted by molar-refractivity contribution is 0.207. The van der Waals surface area contributed by atoms with E-state index in [0.29, 0.717) is 6.04 Å². The van der Waals surface area contributed by atoms with E-state index in [1.165, 1.54) is 31.5 Å². The second kappa shape index (κ2) is 6.24. The largest absolute Gasteiger partial charge is 0.300 e. The van der Waals surface area contributed by atoms with Crippen LogP contribution in [0.4, 0.5) is 0 Å². The van der Waals surface area contributed by atoms with Crippen LogP contribution in [0.25, 0.3) is 0 Å². The number of nitrogens with zero attached hydrogens (tertiary/aromatic N) is 1. The Bertz CT molecular complexity index is 117. The van der Waals surface area contributed by atoms with Crippen LogP contribution in [0.5, 0.6) is 0 Å². The summed E-state index contributed by atoms with van der Waals surface area (Å²) in [6, 6.07) is 0.716. The third-order valence-electron chi connectivity index (χ3n) is 2.24. The zero-order valence-corrected chi connectivity index (χ0v) is 9.06. The van der Waals surface area contributed by atoms with E-state index in [2.05, 4.69) is 25.3 Å². The summed E-state index contributed by atoms with van der Waals surface area (Å²) >= 11 is 0. The van der Waals surface area contributed by atoms with Gasteiger partial charge in [-0.25, -0.2) is 0 Å². The highest BCUT2D eigenvalue weighted by Crippen LogP contribution is 2.15. The number of likely N-dealkylation sites (tertiary alicyclic amines) is 1. The van der Waals surface area contributed by atoms with Crippen LogP contribution in [-0.4, -0.2) is 24.0 Å². The van der Waals surface area contributed by atoms with Gasteiger partial charge in [0.25, 0.3) is 0 Å². The Morgan fingerprint density at radius 2 is 1.58 bits per heavy atom. The van der Waals surface area contributed by atoms with Crippen LogP contribution in [0, 0.1) is 0 Å². The number of rotatable bonds is 1. The van der Waals surface area contributed by atoms with E-state index >= 15 is 0 Å². The van der Waals surface area contributed by atoms with Gasteiger partial charge < -0.3 is 4.90 Å². The molecular weight excluding hydrogens is 146 g/mol. The summed E-state index contributed by atoms with van der Waals surface area (Å²) in [5.74, 6) is 0. The Morgan fingerprint density at radius 1 is 1.17 bits per heavy atom. The third-order valence-corrected chi connectivity index (χ3v) is 2.24. The number of hydrogen-bond acceptors (Lipinski definition) is 1. The normalized spacial score (nSPS) is 18.9. The van der Waals surface area contributed by atoms with E-state index in [4.69, 9.17) is 0 Å². The Kier molecular flexibility index (Phi) is 6.09. The van der Waals surface area contributed by atoms with Gasteiger partial charge in [0, 0.05) is 19.1 Å². The van der Waals surface area contributed by atoms with Gasteiger partial charge in [0.05, 0.1) is 0 Å². The third kappa shape index (κ3) is 3.91. The van der Waals surface area contributed by atoms with E-state index in [1.54, 1.807) is 0 Å². The van der Waals surface area contributed by atoms with Crippen molar-refractivity contribution in [3.8, 4) is 0 Å². The lowest BCUT2D eigenvalue weighted by Gasteiger charge is -2.31. The highest BCUT2D eigenvalue weighted by Gasteiger charge is 2.13. The smallest absolute Gasteiger partial charge is 0.00388 e. The molecule has 0 aromatic rings. The molecule has 0 amide bonds. The van der Waals surface area contributed by atoms with Gasteiger partial charge in [0.2, 0.25) is 0 Å². The Balaban J connectivity index is 0.000000561. The maximum Gasteiger partial charge on any atom is 0.00388 e. The van der Waals surface area contributed by atoms with Gasteiger partial charge in [0.15, 0.2) is 0 Å². The van der Waals surface area contributed by atoms with E-state index in [9.17, 15) is 0 Å². The average Bonchev–Trinajstić information content (AvgIpc) is 2.09. The van der Waals surface area contributed by atoms with Gasteiger partial charge >= 0.3 is 0 Å². The SMILES string of the molecule is C=C1CCN(C(C)C)CC1.CC. The lowest BCUT2D eigenvalue weighted by atomic mass is 10.1. The van der Waals surface area contributed by atoms with Crippen molar-refractivity contribution in [2.45, 2.75) is 46.6 Å². The van der Waals surface area contributed by atoms with Crippen LogP contribution in [0.1, 0.15) is 40.5 Å². The van der Waals surface area contributed by atoms with Gasteiger partial charge in [-0.1, -0.05) is 26.0 Å². The molecule has 0 unspecified atom stereocenters. The molecule has 0 radical (unpaired) electrons. The quantitative estimate of drug-likeness (QED) is 0.545. The molecule has 1 aliphatic heterocycles. The molecule has 12 heavy (non-hydrogen) atoms. The van der Waals surface area contributed by atoms with Crippen LogP contribution in [0.2, 0.25) is 0 Å². The molecule has 1 saturated heterocycles. The summed E-state index contributed by atoms with van der Waals surface area (Å²) in [5.41, 5.74) is 1.43. The van der Waals surface area contributed by atoms with Crippen molar-refractivity contribution < 1.29 is 0 Å². The van der Waals surface area contributed by atoms with Gasteiger partial charge in [-0.15, -0.1) is 0 Å². The predicted molar refractivity (Wildman–Crippen MR) is 56.4 cm³/mol. The van der Waals surface area contributed by atoms with Crippen LogP contribution in [0.3, 0.4) is 0 Å². The van der Waals surface area contributed by atoms with Gasteiger partial charge in [0.1, 0.15) is 0 Å². The maximum absolute atomic E-state index is 3.98. The first-order valence-electron chi connectivity index (χ1n) is 5.11. The molecule has 1 heterocycles. The summed E-state index contributed by atoms with van der Waals surface area (Å²) in [5, 5.41) is 0. The van der Waals surface area contributed by atoms with Crippen molar-refractivity contribution in [1.29, 1.82) is 0 Å². The fraction of sp³-hybridized carbons (Fsp3) is 0.818. The standard InChI is InChI=1S/C9H17N.C2H6/c1-8(2)10-6-4-9(3)5-7-10;1-2/h8H,3-7H2,1-2H3;1-2H3. The molecule has 0 aliphatic carbocycles. The number of piperidine rings is 1. The molecule has 0 N–H and O–H groups in total. The minimum absolute atomic E-state index is 0.716. The second-order valence-corrected chi connectivity index (χ2v) is 3.38. The molecule has 1 heteroatoms. The predicted octanol–water partition coefficient (Wildman–Crippen LogP) is 3.07. The van der Waals surface area contributed by atoms with Gasteiger partial charge in [-0.2, -0.15) is 0 Å². The molecule has 0 spiro atoms. The molecule has 1 nitrogen and oxygen atoms in total. The topological polar surface area (TPSA) is 3.24 Å². The molecule has 0 bridgehead atoms. The minimum Gasteiger partial charge on any atom is -0.300 e. The van der Waals surface area contributed by atoms with E-state index in [1.807, 2.05) is 13.8 Å². The second-order valence-electron chi connectivity index (χ2n) is 3.38. The summed E-state index contributed by atoms with van der Waals surface area (Å²) < 4.78 is 0. The Morgan fingerprint density at radius 3 is 1.92 bits per heavy atom. The summed E-state index contributed by atoms with van der Waals surface area (Å²) in [4.78, 5) is 2.51. The summed E-state index contributed by atoms with van der Waals surface area (Å²) in [7, 11) is 0. The molecule has 0 saturated carbocycles. The Hall–Kier alpha value is -0.300. The fourth-order valence-electron chi connectivity index (χ4n) is 1.36. The maximum atomic E-state index is 3.98. The van der Waals surface area contributed by atoms with Crippen molar-refractivity contribution in [1.82, 2.24) is 4.90 Å². The first-order valence-corrected chi connectivity index (χ1v) is 5.11. The molecule has 0 aromatic carbocycles. The first-order chi connectivity index (χ1) is 5.70. The van der Waals surface area contributed by atoms with Crippen molar-refractivity contribution in [3.63, 3.8) is 0 Å². The molecule has 1 fully saturated rings. The molecule has 0 aromatic heterocycles. The average molecular weight is 169 g/mol. The van der Waals surface area contributed by atoms with Crippen molar-refractivity contribution in [3.05, 3.63) is 12.2 Å². The highest BCUT2D eigenvalue weighted by molar-refractivity contribution is 4.99.